The predicted molar refractivity (Wildman–Crippen MR) is 61.0 cm³/mol. The van der Waals surface area contributed by atoms with Crippen molar-refractivity contribution in [3.63, 3.8) is 0 Å². The third-order valence-electron chi connectivity index (χ3n) is 1.59. The monoisotopic (exact) mass is 223 g/mol. The van der Waals surface area contributed by atoms with Gasteiger partial charge in [0.25, 0.3) is 0 Å². The van der Waals surface area contributed by atoms with Gasteiger partial charge in [0.15, 0.2) is 5.16 Å². The Labute approximate surface area is 93.4 Å². The maximum Gasteiger partial charge on any atom is 0.205 e. The number of aromatic nitrogens is 2. The highest BCUT2D eigenvalue weighted by atomic mass is 32.2. The van der Waals surface area contributed by atoms with Gasteiger partial charge in [-0.3, -0.25) is 4.79 Å². The van der Waals surface area contributed by atoms with Crippen LogP contribution >= 0.6 is 11.8 Å². The van der Waals surface area contributed by atoms with Gasteiger partial charge in [-0.25, -0.2) is 9.97 Å². The van der Waals surface area contributed by atoms with Crippen molar-refractivity contribution in [1.82, 2.24) is 14.9 Å². The van der Waals surface area contributed by atoms with Crippen molar-refractivity contribution in [3.05, 3.63) is 30.2 Å². The third kappa shape index (κ3) is 3.71. The highest BCUT2D eigenvalue weighted by molar-refractivity contribution is 7.98. The van der Waals surface area contributed by atoms with E-state index in [2.05, 4.69) is 9.97 Å². The number of ketones is 1. The van der Waals surface area contributed by atoms with E-state index in [1.54, 1.807) is 23.4 Å². The van der Waals surface area contributed by atoms with E-state index in [-0.39, 0.29) is 5.78 Å². The summed E-state index contributed by atoms with van der Waals surface area (Å²) in [5.41, 5.74) is 0.424. The second kappa shape index (κ2) is 5.50. The SMILES string of the molecule is CSc1nccc(C(=O)C=CN(C)C)n1. The van der Waals surface area contributed by atoms with Crippen LogP contribution in [0.3, 0.4) is 0 Å². The molecule has 5 heteroatoms. The zero-order valence-electron chi connectivity index (χ0n) is 8.97. The lowest BCUT2D eigenvalue weighted by Gasteiger charge is -2.02. The minimum Gasteiger partial charge on any atom is -0.383 e. The van der Waals surface area contributed by atoms with Crippen molar-refractivity contribution in [2.45, 2.75) is 5.16 Å². The molecule has 1 aromatic heterocycles. The summed E-state index contributed by atoms with van der Waals surface area (Å²) in [5, 5.41) is 0.610. The molecule has 1 rings (SSSR count). The van der Waals surface area contributed by atoms with Gasteiger partial charge in [0, 0.05) is 32.6 Å². The Kier molecular flexibility index (Phi) is 4.30. The first kappa shape index (κ1) is 11.7. The van der Waals surface area contributed by atoms with E-state index in [1.165, 1.54) is 17.8 Å². The van der Waals surface area contributed by atoms with Crippen LogP contribution in [0.1, 0.15) is 10.5 Å². The lowest BCUT2D eigenvalue weighted by molar-refractivity contribution is 0.104. The Bertz CT molecular complexity index is 377. The van der Waals surface area contributed by atoms with Crippen LogP contribution in [0.5, 0.6) is 0 Å². The largest absolute Gasteiger partial charge is 0.383 e. The van der Waals surface area contributed by atoms with Gasteiger partial charge >= 0.3 is 0 Å². The molecule has 0 aromatic carbocycles. The lowest BCUT2D eigenvalue weighted by atomic mass is 10.3. The van der Waals surface area contributed by atoms with Crippen molar-refractivity contribution in [2.75, 3.05) is 20.4 Å². The molecular formula is C10H13N3OS. The molecule has 0 aliphatic carbocycles. The summed E-state index contributed by atoms with van der Waals surface area (Å²) >= 11 is 1.42. The number of rotatable bonds is 4. The highest BCUT2D eigenvalue weighted by Crippen LogP contribution is 2.08. The van der Waals surface area contributed by atoms with Crippen LogP contribution in [-0.2, 0) is 0 Å². The van der Waals surface area contributed by atoms with Gasteiger partial charge in [0.2, 0.25) is 5.78 Å². The number of thioether (sulfide) groups is 1. The standard InChI is InChI=1S/C10H13N3OS/c1-13(2)7-5-9(14)8-4-6-11-10(12-8)15-3/h4-7H,1-3H3. The zero-order valence-corrected chi connectivity index (χ0v) is 9.78. The molecule has 80 valence electrons. The molecule has 4 nitrogen and oxygen atoms in total. The van der Waals surface area contributed by atoms with Crippen molar-refractivity contribution in [2.24, 2.45) is 0 Å². The molecule has 0 spiro atoms. The Hall–Kier alpha value is -1.36. The van der Waals surface area contributed by atoms with Crippen LogP contribution < -0.4 is 0 Å². The number of hydrogen-bond acceptors (Lipinski definition) is 5. The van der Waals surface area contributed by atoms with Crippen molar-refractivity contribution in [1.29, 1.82) is 0 Å². The molecule has 15 heavy (non-hydrogen) atoms. The fourth-order valence-electron chi connectivity index (χ4n) is 0.879. The van der Waals surface area contributed by atoms with Crippen molar-refractivity contribution >= 4 is 17.5 Å². The van der Waals surface area contributed by atoms with Crippen LogP contribution in [0, 0.1) is 0 Å². The van der Waals surface area contributed by atoms with Gasteiger partial charge in [-0.05, 0) is 12.3 Å². The van der Waals surface area contributed by atoms with E-state index in [9.17, 15) is 4.79 Å². The average Bonchev–Trinajstić information content (AvgIpc) is 2.26. The molecule has 0 N–H and O–H groups in total. The summed E-state index contributed by atoms with van der Waals surface area (Å²) in [7, 11) is 3.72. The smallest absolute Gasteiger partial charge is 0.205 e. The molecule has 0 bridgehead atoms. The third-order valence-corrected chi connectivity index (χ3v) is 2.15. The van der Waals surface area contributed by atoms with E-state index in [1.807, 2.05) is 20.4 Å². The average molecular weight is 223 g/mol. The summed E-state index contributed by atoms with van der Waals surface area (Å²) < 4.78 is 0. The van der Waals surface area contributed by atoms with E-state index >= 15 is 0 Å². The molecule has 0 aliphatic rings. The van der Waals surface area contributed by atoms with Crippen LogP contribution in [0.15, 0.2) is 29.7 Å². The predicted octanol–water partition coefficient (Wildman–Crippen LogP) is 1.46. The lowest BCUT2D eigenvalue weighted by Crippen LogP contribution is -2.05. The van der Waals surface area contributed by atoms with Gasteiger partial charge in [-0.2, -0.15) is 0 Å². The fraction of sp³-hybridized carbons (Fsp3) is 0.300. The summed E-state index contributed by atoms with van der Waals surface area (Å²) in [5.74, 6) is -0.110. The molecule has 0 aliphatic heterocycles. The minimum atomic E-state index is -0.110. The molecule has 0 amide bonds. The van der Waals surface area contributed by atoms with Gasteiger partial charge < -0.3 is 4.90 Å². The summed E-state index contributed by atoms with van der Waals surface area (Å²) in [6, 6.07) is 1.61. The van der Waals surface area contributed by atoms with Crippen molar-refractivity contribution < 1.29 is 4.79 Å². The van der Waals surface area contributed by atoms with Crippen LogP contribution in [0.25, 0.3) is 0 Å². The van der Waals surface area contributed by atoms with Crippen LogP contribution in [-0.4, -0.2) is 41.0 Å². The van der Waals surface area contributed by atoms with Crippen LogP contribution in [0.2, 0.25) is 0 Å². The second-order valence-corrected chi connectivity index (χ2v) is 3.85. The van der Waals surface area contributed by atoms with E-state index in [4.69, 9.17) is 0 Å². The Morgan fingerprint density at radius 1 is 1.53 bits per heavy atom. The fourth-order valence-corrected chi connectivity index (χ4v) is 1.23. The number of carbonyl (C=O) groups excluding carboxylic acids is 1. The van der Waals surface area contributed by atoms with Gasteiger partial charge in [0.1, 0.15) is 5.69 Å². The van der Waals surface area contributed by atoms with Gasteiger partial charge in [-0.1, -0.05) is 11.8 Å². The molecule has 0 fully saturated rings. The Morgan fingerprint density at radius 2 is 2.27 bits per heavy atom. The Morgan fingerprint density at radius 3 is 2.87 bits per heavy atom. The molecule has 0 saturated heterocycles. The van der Waals surface area contributed by atoms with E-state index in [0.29, 0.717) is 10.9 Å². The zero-order chi connectivity index (χ0) is 11.3. The molecule has 0 radical (unpaired) electrons. The first-order chi connectivity index (χ1) is 7.13. The maximum atomic E-state index is 11.6. The molecule has 1 heterocycles. The molecule has 0 saturated carbocycles. The maximum absolute atomic E-state index is 11.6. The summed E-state index contributed by atoms with van der Waals surface area (Å²) in [6.45, 7) is 0. The first-order valence-electron chi connectivity index (χ1n) is 4.39. The van der Waals surface area contributed by atoms with Gasteiger partial charge in [-0.15, -0.1) is 0 Å². The molecule has 0 unspecified atom stereocenters. The Balaban J connectivity index is 2.82. The normalized spacial score (nSPS) is 10.6. The highest BCUT2D eigenvalue weighted by Gasteiger charge is 2.04. The number of hydrogen-bond donors (Lipinski definition) is 0. The minimum absolute atomic E-state index is 0.110. The number of allylic oxidation sites excluding steroid dienone is 1. The molecule has 0 atom stereocenters. The second-order valence-electron chi connectivity index (χ2n) is 3.07. The summed E-state index contributed by atoms with van der Waals surface area (Å²) in [6.07, 6.45) is 6.66. The van der Waals surface area contributed by atoms with E-state index in [0.717, 1.165) is 0 Å². The summed E-state index contributed by atoms with van der Waals surface area (Å²) in [4.78, 5) is 21.5. The number of nitrogens with zero attached hydrogens (tertiary/aromatic N) is 3. The first-order valence-corrected chi connectivity index (χ1v) is 5.62. The molecular weight excluding hydrogens is 210 g/mol. The molecule has 1 aromatic rings. The van der Waals surface area contributed by atoms with E-state index < -0.39 is 0 Å². The topological polar surface area (TPSA) is 46.1 Å². The van der Waals surface area contributed by atoms with Crippen molar-refractivity contribution in [3.8, 4) is 0 Å². The van der Waals surface area contributed by atoms with Gasteiger partial charge in [0.05, 0.1) is 0 Å². The number of carbonyl (C=O) groups is 1. The quantitative estimate of drug-likeness (QED) is 0.335. The van der Waals surface area contributed by atoms with Crippen LogP contribution in [0.4, 0.5) is 0 Å².